The molecule has 1 aliphatic rings. The number of nitrogens with zero attached hydrogens (tertiary/aromatic N) is 1. The molecule has 5 heteroatoms. The zero-order chi connectivity index (χ0) is 14.5. The van der Waals surface area contributed by atoms with Crippen molar-refractivity contribution in [3.05, 3.63) is 29.8 Å². The fraction of sp³-hybridized carbons (Fsp3) is 0.467. The predicted molar refractivity (Wildman–Crippen MR) is 73.4 cm³/mol. The maximum Gasteiger partial charge on any atom is 0.326 e. The molecule has 1 atom stereocenters. The van der Waals surface area contributed by atoms with Gasteiger partial charge in [0.2, 0.25) is 5.91 Å². The summed E-state index contributed by atoms with van der Waals surface area (Å²) in [4.78, 5) is 24.8. The molecule has 0 aliphatic carbocycles. The zero-order valence-electron chi connectivity index (χ0n) is 11.3. The van der Waals surface area contributed by atoms with Gasteiger partial charge in [0, 0.05) is 13.0 Å². The van der Waals surface area contributed by atoms with E-state index in [1.165, 1.54) is 4.90 Å². The monoisotopic (exact) mass is 277 g/mol. The lowest BCUT2D eigenvalue weighted by Gasteiger charge is -2.33. The maximum atomic E-state index is 12.2. The van der Waals surface area contributed by atoms with Crippen molar-refractivity contribution >= 4 is 11.9 Å². The number of carboxylic acid groups (broad SMARTS) is 1. The number of likely N-dealkylation sites (tertiary alicyclic amines) is 1. The number of carbonyl (C=O) groups is 2. The highest BCUT2D eigenvalue weighted by Gasteiger charge is 2.31. The standard InChI is InChI=1S/C15H19NO4/c17-13-7-2-1-5-11(13)8-9-14(18)16-10-4-3-6-12(16)15(19)20/h1-2,5,7,12,17H,3-4,6,8-10H2,(H,19,20)/t12-/m1/s1. The highest BCUT2D eigenvalue weighted by atomic mass is 16.4. The number of aryl methyl sites for hydroxylation is 1. The number of rotatable bonds is 4. The van der Waals surface area contributed by atoms with E-state index in [0.717, 1.165) is 12.8 Å². The second-order valence-corrected chi connectivity index (χ2v) is 5.07. The second kappa shape index (κ2) is 6.41. The largest absolute Gasteiger partial charge is 0.508 e. The number of hydrogen-bond acceptors (Lipinski definition) is 3. The number of aromatic hydroxyl groups is 1. The molecule has 2 rings (SSSR count). The average Bonchev–Trinajstić information content (AvgIpc) is 2.46. The van der Waals surface area contributed by atoms with Gasteiger partial charge in [0.25, 0.3) is 0 Å². The fourth-order valence-electron chi connectivity index (χ4n) is 2.59. The molecule has 5 nitrogen and oxygen atoms in total. The number of benzene rings is 1. The summed E-state index contributed by atoms with van der Waals surface area (Å²) < 4.78 is 0. The Balaban J connectivity index is 1.97. The minimum atomic E-state index is -0.930. The molecule has 0 spiro atoms. The first kappa shape index (κ1) is 14.4. The number of piperidine rings is 1. The van der Waals surface area contributed by atoms with Crippen LogP contribution in [0.4, 0.5) is 0 Å². The van der Waals surface area contributed by atoms with E-state index < -0.39 is 12.0 Å². The van der Waals surface area contributed by atoms with Crippen LogP contribution in [0.3, 0.4) is 0 Å². The molecule has 1 aliphatic heterocycles. The molecular formula is C15H19NO4. The van der Waals surface area contributed by atoms with Crippen LogP contribution in [0.5, 0.6) is 5.75 Å². The Labute approximate surface area is 117 Å². The molecule has 0 aromatic heterocycles. The summed E-state index contributed by atoms with van der Waals surface area (Å²) in [5.74, 6) is -0.908. The molecule has 2 N–H and O–H groups in total. The third kappa shape index (κ3) is 3.29. The first-order valence-electron chi connectivity index (χ1n) is 6.88. The third-order valence-corrected chi connectivity index (χ3v) is 3.71. The Bertz CT molecular complexity index is 500. The number of amides is 1. The first-order chi connectivity index (χ1) is 9.59. The number of carbonyl (C=O) groups excluding carboxylic acids is 1. The van der Waals surface area contributed by atoms with Gasteiger partial charge in [-0.2, -0.15) is 0 Å². The second-order valence-electron chi connectivity index (χ2n) is 5.07. The summed E-state index contributed by atoms with van der Waals surface area (Å²) in [5.41, 5.74) is 0.713. The lowest BCUT2D eigenvalue weighted by molar-refractivity contribution is -0.152. The molecule has 0 radical (unpaired) electrons. The fourth-order valence-corrected chi connectivity index (χ4v) is 2.59. The smallest absolute Gasteiger partial charge is 0.326 e. The molecule has 0 saturated carbocycles. The topological polar surface area (TPSA) is 77.8 Å². The van der Waals surface area contributed by atoms with Gasteiger partial charge < -0.3 is 15.1 Å². The molecular weight excluding hydrogens is 258 g/mol. The van der Waals surface area contributed by atoms with Gasteiger partial charge in [-0.1, -0.05) is 18.2 Å². The van der Waals surface area contributed by atoms with Crippen LogP contribution in [-0.2, 0) is 16.0 Å². The van der Waals surface area contributed by atoms with Gasteiger partial charge in [0.1, 0.15) is 11.8 Å². The molecule has 0 unspecified atom stereocenters. The number of para-hydroxylation sites is 1. The van der Waals surface area contributed by atoms with Crippen molar-refractivity contribution in [2.45, 2.75) is 38.1 Å². The number of aliphatic carboxylic acids is 1. The summed E-state index contributed by atoms with van der Waals surface area (Å²) in [5, 5.41) is 18.8. The van der Waals surface area contributed by atoms with Gasteiger partial charge in [-0.05, 0) is 37.3 Å². The summed E-state index contributed by atoms with van der Waals surface area (Å²) in [6.07, 6.45) is 2.87. The Morgan fingerprint density at radius 1 is 1.25 bits per heavy atom. The highest BCUT2D eigenvalue weighted by molar-refractivity contribution is 5.84. The van der Waals surface area contributed by atoms with E-state index in [2.05, 4.69) is 0 Å². The molecule has 1 amide bonds. The van der Waals surface area contributed by atoms with E-state index in [4.69, 9.17) is 5.11 Å². The molecule has 1 fully saturated rings. The van der Waals surface area contributed by atoms with E-state index in [1.807, 2.05) is 0 Å². The van der Waals surface area contributed by atoms with Crippen LogP contribution < -0.4 is 0 Å². The van der Waals surface area contributed by atoms with Gasteiger partial charge in [-0.15, -0.1) is 0 Å². The Morgan fingerprint density at radius 3 is 2.70 bits per heavy atom. The molecule has 1 aromatic carbocycles. The average molecular weight is 277 g/mol. The SMILES string of the molecule is O=C(O)[C@H]1CCCCN1C(=O)CCc1ccccc1O. The predicted octanol–water partition coefficient (Wildman–Crippen LogP) is 1.79. The van der Waals surface area contributed by atoms with Crippen LogP contribution >= 0.6 is 0 Å². The van der Waals surface area contributed by atoms with E-state index in [9.17, 15) is 14.7 Å². The quantitative estimate of drug-likeness (QED) is 0.879. The van der Waals surface area contributed by atoms with Gasteiger partial charge in [-0.25, -0.2) is 4.79 Å². The summed E-state index contributed by atoms with van der Waals surface area (Å²) in [7, 11) is 0. The minimum absolute atomic E-state index is 0.152. The van der Waals surface area contributed by atoms with Crippen LogP contribution in [-0.4, -0.2) is 39.6 Å². The first-order valence-corrected chi connectivity index (χ1v) is 6.88. The van der Waals surface area contributed by atoms with Crippen LogP contribution in [0.25, 0.3) is 0 Å². The highest BCUT2D eigenvalue weighted by Crippen LogP contribution is 2.21. The van der Waals surface area contributed by atoms with E-state index in [1.54, 1.807) is 24.3 Å². The van der Waals surface area contributed by atoms with Gasteiger partial charge in [0.05, 0.1) is 0 Å². The van der Waals surface area contributed by atoms with Gasteiger partial charge in [-0.3, -0.25) is 4.79 Å². The number of hydrogen-bond donors (Lipinski definition) is 2. The molecule has 1 saturated heterocycles. The van der Waals surface area contributed by atoms with E-state index in [-0.39, 0.29) is 18.1 Å². The third-order valence-electron chi connectivity index (χ3n) is 3.71. The summed E-state index contributed by atoms with van der Waals surface area (Å²) >= 11 is 0. The maximum absolute atomic E-state index is 12.2. The van der Waals surface area contributed by atoms with Gasteiger partial charge >= 0.3 is 5.97 Å². The van der Waals surface area contributed by atoms with Crippen molar-refractivity contribution in [1.82, 2.24) is 4.90 Å². The molecule has 20 heavy (non-hydrogen) atoms. The molecule has 1 aromatic rings. The molecule has 108 valence electrons. The number of phenolic OH excluding ortho intramolecular Hbond substituents is 1. The van der Waals surface area contributed by atoms with Crippen LogP contribution in [0, 0.1) is 0 Å². The Hall–Kier alpha value is -2.04. The Morgan fingerprint density at radius 2 is 2.00 bits per heavy atom. The molecule has 1 heterocycles. The van der Waals surface area contributed by atoms with Gasteiger partial charge in [0.15, 0.2) is 0 Å². The van der Waals surface area contributed by atoms with Crippen LogP contribution in [0.15, 0.2) is 24.3 Å². The minimum Gasteiger partial charge on any atom is -0.508 e. The lowest BCUT2D eigenvalue weighted by atomic mass is 10.0. The lowest BCUT2D eigenvalue weighted by Crippen LogP contribution is -2.48. The number of carboxylic acids is 1. The van der Waals surface area contributed by atoms with Crippen molar-refractivity contribution in [3.8, 4) is 5.75 Å². The van der Waals surface area contributed by atoms with Crippen molar-refractivity contribution in [2.24, 2.45) is 0 Å². The van der Waals surface area contributed by atoms with Crippen molar-refractivity contribution in [3.63, 3.8) is 0 Å². The van der Waals surface area contributed by atoms with Crippen molar-refractivity contribution in [1.29, 1.82) is 0 Å². The van der Waals surface area contributed by atoms with Crippen molar-refractivity contribution in [2.75, 3.05) is 6.54 Å². The van der Waals surface area contributed by atoms with Crippen LogP contribution in [0.1, 0.15) is 31.2 Å². The normalized spacial score (nSPS) is 18.8. The van der Waals surface area contributed by atoms with E-state index in [0.29, 0.717) is 24.9 Å². The Kier molecular flexibility index (Phi) is 4.61. The van der Waals surface area contributed by atoms with Crippen LogP contribution in [0.2, 0.25) is 0 Å². The summed E-state index contributed by atoms with van der Waals surface area (Å²) in [6.45, 7) is 0.510. The van der Waals surface area contributed by atoms with Crippen molar-refractivity contribution < 1.29 is 19.8 Å². The summed E-state index contributed by atoms with van der Waals surface area (Å²) in [6, 6.07) is 6.20. The zero-order valence-corrected chi connectivity index (χ0v) is 11.3. The molecule has 0 bridgehead atoms. The van der Waals surface area contributed by atoms with E-state index >= 15 is 0 Å². The number of phenols is 1.